The fraction of sp³-hybridized carbons (Fsp3) is 0.429. The van der Waals surface area contributed by atoms with Crippen molar-refractivity contribution >= 4 is 0 Å². The molecule has 0 N–H and O–H groups in total. The Balaban J connectivity index is 1.66. The molecule has 0 saturated carbocycles. The van der Waals surface area contributed by atoms with Crippen LogP contribution in [0.25, 0.3) is 0 Å². The molecule has 0 saturated heterocycles. The summed E-state index contributed by atoms with van der Waals surface area (Å²) in [6.07, 6.45) is 0.839. The minimum Gasteiger partial charge on any atom is -0.377 e. The number of ether oxygens (including phenoxy) is 1. The number of nitrogens with zero attached hydrogens (tertiary/aromatic N) is 3. The summed E-state index contributed by atoms with van der Waals surface area (Å²) in [6.45, 7) is 2.59. The Morgan fingerprint density at radius 2 is 2.30 bits per heavy atom. The van der Waals surface area contributed by atoms with E-state index in [1.54, 1.807) is 13.2 Å². The van der Waals surface area contributed by atoms with Crippen molar-refractivity contribution in [1.82, 2.24) is 15.0 Å². The molecular formula is C14H16FN3O2. The molecule has 0 radical (unpaired) electrons. The maximum Gasteiger partial charge on any atom is 0.240 e. The number of methoxy groups -OCH3 is 1. The molecule has 1 aliphatic heterocycles. The van der Waals surface area contributed by atoms with Gasteiger partial charge in [-0.3, -0.25) is 4.90 Å². The predicted octanol–water partition coefficient (Wildman–Crippen LogP) is 1.91. The lowest BCUT2D eigenvalue weighted by atomic mass is 10.00. The number of hydrogen-bond donors (Lipinski definition) is 0. The first-order chi connectivity index (χ1) is 9.74. The summed E-state index contributed by atoms with van der Waals surface area (Å²) in [7, 11) is 1.59. The van der Waals surface area contributed by atoms with Crippen molar-refractivity contribution in [2.24, 2.45) is 0 Å². The lowest BCUT2D eigenvalue weighted by Crippen LogP contribution is -2.30. The van der Waals surface area contributed by atoms with E-state index in [2.05, 4.69) is 15.0 Å². The van der Waals surface area contributed by atoms with Crippen molar-refractivity contribution in [3.05, 3.63) is 46.9 Å². The third-order valence-corrected chi connectivity index (χ3v) is 3.40. The molecule has 20 heavy (non-hydrogen) atoms. The van der Waals surface area contributed by atoms with E-state index < -0.39 is 0 Å². The maximum absolute atomic E-state index is 13.2. The molecule has 0 unspecified atom stereocenters. The molecule has 0 aliphatic carbocycles. The third-order valence-electron chi connectivity index (χ3n) is 3.40. The minimum atomic E-state index is -0.168. The van der Waals surface area contributed by atoms with E-state index in [0.717, 1.165) is 30.6 Å². The fourth-order valence-electron chi connectivity index (χ4n) is 2.45. The standard InChI is InChI=1S/C14H16FN3O2/c1-19-9-13-16-14(20-17-13)8-18-5-4-10-6-12(15)3-2-11(10)7-18/h2-3,6H,4-5,7-9H2,1H3. The van der Waals surface area contributed by atoms with Crippen LogP contribution in [0.4, 0.5) is 4.39 Å². The van der Waals surface area contributed by atoms with E-state index in [-0.39, 0.29) is 5.82 Å². The third kappa shape index (κ3) is 2.86. The second kappa shape index (κ2) is 5.68. The largest absolute Gasteiger partial charge is 0.377 e. The molecule has 0 fully saturated rings. The van der Waals surface area contributed by atoms with Gasteiger partial charge < -0.3 is 9.26 Å². The van der Waals surface area contributed by atoms with E-state index >= 15 is 0 Å². The SMILES string of the molecule is COCc1noc(CN2CCc3cc(F)ccc3C2)n1. The van der Waals surface area contributed by atoms with Crippen LogP contribution in [0, 0.1) is 5.82 Å². The van der Waals surface area contributed by atoms with Crippen molar-refractivity contribution in [2.75, 3.05) is 13.7 Å². The van der Waals surface area contributed by atoms with E-state index in [9.17, 15) is 4.39 Å². The van der Waals surface area contributed by atoms with Crippen LogP contribution in [-0.2, 0) is 30.9 Å². The number of fused-ring (bicyclic) bond motifs is 1. The Morgan fingerprint density at radius 1 is 1.40 bits per heavy atom. The second-order valence-electron chi connectivity index (χ2n) is 4.91. The first-order valence-electron chi connectivity index (χ1n) is 6.54. The number of rotatable bonds is 4. The summed E-state index contributed by atoms with van der Waals surface area (Å²) >= 11 is 0. The van der Waals surface area contributed by atoms with Gasteiger partial charge in [-0.1, -0.05) is 11.2 Å². The van der Waals surface area contributed by atoms with Crippen LogP contribution in [0.1, 0.15) is 22.8 Å². The first kappa shape index (κ1) is 13.2. The Kier molecular flexibility index (Phi) is 3.75. The smallest absolute Gasteiger partial charge is 0.240 e. The van der Waals surface area contributed by atoms with Gasteiger partial charge in [-0.2, -0.15) is 4.98 Å². The number of halogens is 1. The van der Waals surface area contributed by atoms with Gasteiger partial charge in [0.15, 0.2) is 5.82 Å². The zero-order chi connectivity index (χ0) is 13.9. The van der Waals surface area contributed by atoms with E-state index in [4.69, 9.17) is 9.26 Å². The van der Waals surface area contributed by atoms with Crippen LogP contribution in [-0.4, -0.2) is 28.7 Å². The zero-order valence-corrected chi connectivity index (χ0v) is 11.3. The van der Waals surface area contributed by atoms with Crippen LogP contribution >= 0.6 is 0 Å². The van der Waals surface area contributed by atoms with Gasteiger partial charge in [0.1, 0.15) is 12.4 Å². The van der Waals surface area contributed by atoms with Crippen LogP contribution in [0.5, 0.6) is 0 Å². The van der Waals surface area contributed by atoms with Crippen molar-refractivity contribution in [3.8, 4) is 0 Å². The molecule has 0 atom stereocenters. The zero-order valence-electron chi connectivity index (χ0n) is 11.3. The van der Waals surface area contributed by atoms with Gasteiger partial charge in [-0.05, 0) is 29.7 Å². The summed E-state index contributed by atoms with van der Waals surface area (Å²) in [5.74, 6) is 0.975. The molecule has 106 valence electrons. The van der Waals surface area contributed by atoms with Crippen LogP contribution in [0.2, 0.25) is 0 Å². The molecule has 5 nitrogen and oxygen atoms in total. The van der Waals surface area contributed by atoms with Gasteiger partial charge in [-0.25, -0.2) is 4.39 Å². The summed E-state index contributed by atoms with van der Waals surface area (Å²) in [4.78, 5) is 6.47. The normalized spacial score (nSPS) is 15.3. The summed E-state index contributed by atoms with van der Waals surface area (Å²) < 4.78 is 23.3. The fourth-order valence-corrected chi connectivity index (χ4v) is 2.45. The number of hydrogen-bond acceptors (Lipinski definition) is 5. The highest BCUT2D eigenvalue weighted by Gasteiger charge is 2.19. The maximum atomic E-state index is 13.2. The number of benzene rings is 1. The lowest BCUT2D eigenvalue weighted by Gasteiger charge is -2.27. The van der Waals surface area contributed by atoms with Crippen LogP contribution in [0.15, 0.2) is 22.7 Å². The summed E-state index contributed by atoms with van der Waals surface area (Å²) in [5, 5.41) is 3.84. The van der Waals surface area contributed by atoms with Crippen LogP contribution in [0.3, 0.4) is 0 Å². The summed E-state index contributed by atoms with van der Waals surface area (Å²) in [5.41, 5.74) is 2.25. The molecule has 1 aromatic heterocycles. The van der Waals surface area contributed by atoms with Gasteiger partial charge in [-0.15, -0.1) is 0 Å². The highest BCUT2D eigenvalue weighted by molar-refractivity contribution is 5.29. The monoisotopic (exact) mass is 277 g/mol. The van der Waals surface area contributed by atoms with Crippen molar-refractivity contribution in [2.45, 2.75) is 26.1 Å². The molecule has 0 spiro atoms. The van der Waals surface area contributed by atoms with E-state index in [1.807, 2.05) is 6.07 Å². The molecule has 3 rings (SSSR count). The molecule has 2 aromatic rings. The molecule has 1 aromatic carbocycles. The molecule has 6 heteroatoms. The van der Waals surface area contributed by atoms with Gasteiger partial charge >= 0.3 is 0 Å². The topological polar surface area (TPSA) is 51.4 Å². The van der Waals surface area contributed by atoms with Crippen molar-refractivity contribution in [3.63, 3.8) is 0 Å². The van der Waals surface area contributed by atoms with Crippen molar-refractivity contribution in [1.29, 1.82) is 0 Å². The van der Waals surface area contributed by atoms with Gasteiger partial charge in [0, 0.05) is 20.2 Å². The molecule has 0 bridgehead atoms. The van der Waals surface area contributed by atoms with Gasteiger partial charge in [0.05, 0.1) is 6.54 Å². The second-order valence-corrected chi connectivity index (χ2v) is 4.91. The molecule has 0 amide bonds. The van der Waals surface area contributed by atoms with E-state index in [1.165, 1.54) is 6.07 Å². The Morgan fingerprint density at radius 3 is 3.15 bits per heavy atom. The quantitative estimate of drug-likeness (QED) is 0.854. The highest BCUT2D eigenvalue weighted by Crippen LogP contribution is 2.21. The van der Waals surface area contributed by atoms with Crippen molar-refractivity contribution < 1.29 is 13.7 Å². The van der Waals surface area contributed by atoms with Gasteiger partial charge in [0.25, 0.3) is 0 Å². The highest BCUT2D eigenvalue weighted by atomic mass is 19.1. The minimum absolute atomic E-state index is 0.168. The average molecular weight is 277 g/mol. The Hall–Kier alpha value is -1.79. The van der Waals surface area contributed by atoms with E-state index in [0.29, 0.717) is 24.9 Å². The predicted molar refractivity (Wildman–Crippen MR) is 69.2 cm³/mol. The molecule has 1 aliphatic rings. The average Bonchev–Trinajstić information content (AvgIpc) is 2.87. The number of aromatic nitrogens is 2. The van der Waals surface area contributed by atoms with Gasteiger partial charge in [0.2, 0.25) is 5.89 Å². The Bertz CT molecular complexity index is 600. The summed E-state index contributed by atoms with van der Waals surface area (Å²) in [6, 6.07) is 4.97. The Labute approximate surface area is 116 Å². The van der Waals surface area contributed by atoms with Crippen LogP contribution < -0.4 is 0 Å². The lowest BCUT2D eigenvalue weighted by molar-refractivity contribution is 0.174. The molecule has 2 heterocycles. The first-order valence-corrected chi connectivity index (χ1v) is 6.54. The molecular weight excluding hydrogens is 261 g/mol.